The molecule has 2 aromatic rings. The summed E-state index contributed by atoms with van der Waals surface area (Å²) in [6.45, 7) is 1.98. The van der Waals surface area contributed by atoms with Crippen molar-refractivity contribution in [1.82, 2.24) is 5.32 Å². The lowest BCUT2D eigenvalue weighted by Crippen LogP contribution is -2.41. The molecule has 0 bridgehead atoms. The van der Waals surface area contributed by atoms with Crippen LogP contribution in [0, 0.1) is 0 Å². The van der Waals surface area contributed by atoms with E-state index in [0.717, 1.165) is 11.3 Å². The number of amides is 1. The Kier molecular flexibility index (Phi) is 5.32. The third kappa shape index (κ3) is 4.18. The Hall–Kier alpha value is -1.65. The van der Waals surface area contributed by atoms with E-state index >= 15 is 0 Å². The number of carbonyl (C=O) groups excluding carboxylic acids is 1. The summed E-state index contributed by atoms with van der Waals surface area (Å²) >= 11 is 1.64. The van der Waals surface area contributed by atoms with E-state index in [4.69, 9.17) is 5.73 Å². The van der Waals surface area contributed by atoms with Crippen LogP contribution in [-0.4, -0.2) is 11.9 Å². The first-order valence-corrected chi connectivity index (χ1v) is 7.68. The Bertz CT molecular complexity index is 525. The number of hydrogen-bond acceptors (Lipinski definition) is 3. The second kappa shape index (κ2) is 7.22. The van der Waals surface area contributed by atoms with E-state index in [1.165, 1.54) is 5.56 Å². The standard InChI is InChI=1S/C16H20N2OS/c1-12(15-8-5-11-20-15)18-16(19)14(17)10-9-13-6-3-2-4-7-13/h2-8,11-12,14H,9-10,17H2,1H3,(H,18,19)/t12-,14-/m0/s1. The van der Waals surface area contributed by atoms with Crippen molar-refractivity contribution in [2.45, 2.75) is 31.8 Å². The van der Waals surface area contributed by atoms with Gasteiger partial charge in [0.25, 0.3) is 0 Å². The van der Waals surface area contributed by atoms with Crippen molar-refractivity contribution in [1.29, 1.82) is 0 Å². The number of nitrogens with one attached hydrogen (secondary N) is 1. The molecule has 1 heterocycles. The zero-order chi connectivity index (χ0) is 14.4. The van der Waals surface area contributed by atoms with Gasteiger partial charge in [-0.1, -0.05) is 36.4 Å². The van der Waals surface area contributed by atoms with E-state index in [0.29, 0.717) is 6.42 Å². The molecule has 4 heteroatoms. The van der Waals surface area contributed by atoms with E-state index in [-0.39, 0.29) is 11.9 Å². The minimum Gasteiger partial charge on any atom is -0.347 e. The van der Waals surface area contributed by atoms with Gasteiger partial charge in [-0.15, -0.1) is 11.3 Å². The largest absolute Gasteiger partial charge is 0.347 e. The lowest BCUT2D eigenvalue weighted by molar-refractivity contribution is -0.123. The average Bonchev–Trinajstić information content (AvgIpc) is 3.00. The van der Waals surface area contributed by atoms with E-state index in [1.54, 1.807) is 11.3 Å². The van der Waals surface area contributed by atoms with E-state index in [2.05, 4.69) is 17.4 Å². The number of carbonyl (C=O) groups is 1. The van der Waals surface area contributed by atoms with Gasteiger partial charge in [0.1, 0.15) is 0 Å². The molecule has 0 aliphatic rings. The highest BCUT2D eigenvalue weighted by atomic mass is 32.1. The third-order valence-electron chi connectivity index (χ3n) is 3.25. The van der Waals surface area contributed by atoms with Gasteiger partial charge in [0.15, 0.2) is 0 Å². The maximum absolute atomic E-state index is 12.0. The molecule has 0 unspecified atom stereocenters. The summed E-state index contributed by atoms with van der Waals surface area (Å²) in [6, 6.07) is 13.7. The average molecular weight is 288 g/mol. The molecule has 0 saturated carbocycles. The third-order valence-corrected chi connectivity index (χ3v) is 4.31. The fourth-order valence-electron chi connectivity index (χ4n) is 2.03. The van der Waals surface area contributed by atoms with Gasteiger partial charge in [-0.2, -0.15) is 0 Å². The molecule has 0 aliphatic heterocycles. The number of hydrogen-bond donors (Lipinski definition) is 2. The van der Waals surface area contributed by atoms with Crippen molar-refractivity contribution in [2.24, 2.45) is 5.73 Å². The van der Waals surface area contributed by atoms with Gasteiger partial charge >= 0.3 is 0 Å². The normalized spacial score (nSPS) is 13.7. The van der Waals surface area contributed by atoms with Crippen LogP contribution < -0.4 is 11.1 Å². The molecule has 0 aliphatic carbocycles. The second-order valence-corrected chi connectivity index (χ2v) is 5.86. The van der Waals surface area contributed by atoms with Crippen molar-refractivity contribution in [2.75, 3.05) is 0 Å². The molecule has 2 atom stereocenters. The fourth-order valence-corrected chi connectivity index (χ4v) is 2.76. The van der Waals surface area contributed by atoms with Gasteiger partial charge in [0, 0.05) is 4.88 Å². The Labute approximate surface area is 123 Å². The Morgan fingerprint density at radius 1 is 1.25 bits per heavy atom. The van der Waals surface area contributed by atoms with Crippen LogP contribution >= 0.6 is 11.3 Å². The van der Waals surface area contributed by atoms with Gasteiger partial charge in [0.2, 0.25) is 5.91 Å². The van der Waals surface area contributed by atoms with Crippen molar-refractivity contribution < 1.29 is 4.79 Å². The Morgan fingerprint density at radius 2 is 2.00 bits per heavy atom. The summed E-state index contributed by atoms with van der Waals surface area (Å²) < 4.78 is 0. The van der Waals surface area contributed by atoms with Gasteiger partial charge in [-0.3, -0.25) is 4.79 Å². The number of rotatable bonds is 6. The van der Waals surface area contributed by atoms with Gasteiger partial charge in [-0.25, -0.2) is 0 Å². The molecular formula is C16H20N2OS. The number of nitrogens with two attached hydrogens (primary N) is 1. The predicted molar refractivity (Wildman–Crippen MR) is 83.6 cm³/mol. The van der Waals surface area contributed by atoms with E-state index < -0.39 is 6.04 Å². The summed E-state index contributed by atoms with van der Waals surface area (Å²) in [5.41, 5.74) is 7.17. The molecule has 1 aromatic carbocycles. The van der Waals surface area contributed by atoms with Crippen molar-refractivity contribution in [3.63, 3.8) is 0 Å². The number of thiophene rings is 1. The zero-order valence-electron chi connectivity index (χ0n) is 11.6. The van der Waals surface area contributed by atoms with Crippen LogP contribution in [0.15, 0.2) is 47.8 Å². The fraction of sp³-hybridized carbons (Fsp3) is 0.312. The van der Waals surface area contributed by atoms with Crippen molar-refractivity contribution in [3.05, 3.63) is 58.3 Å². The topological polar surface area (TPSA) is 55.1 Å². The van der Waals surface area contributed by atoms with Gasteiger partial charge in [0.05, 0.1) is 12.1 Å². The molecule has 1 aromatic heterocycles. The van der Waals surface area contributed by atoms with Crippen LogP contribution in [0.3, 0.4) is 0 Å². The van der Waals surface area contributed by atoms with Crippen molar-refractivity contribution >= 4 is 17.2 Å². The van der Waals surface area contributed by atoms with E-state index in [1.807, 2.05) is 42.6 Å². The maximum atomic E-state index is 12.0. The van der Waals surface area contributed by atoms with Crippen LogP contribution in [0.2, 0.25) is 0 Å². The van der Waals surface area contributed by atoms with Gasteiger partial charge in [-0.05, 0) is 36.8 Å². The molecule has 20 heavy (non-hydrogen) atoms. The summed E-state index contributed by atoms with van der Waals surface area (Å²) in [6.07, 6.45) is 1.48. The van der Waals surface area contributed by atoms with Gasteiger partial charge < -0.3 is 11.1 Å². The summed E-state index contributed by atoms with van der Waals surface area (Å²) in [5, 5.41) is 4.97. The molecule has 3 nitrogen and oxygen atoms in total. The van der Waals surface area contributed by atoms with Crippen molar-refractivity contribution in [3.8, 4) is 0 Å². The molecule has 0 saturated heterocycles. The summed E-state index contributed by atoms with van der Waals surface area (Å²) in [5.74, 6) is -0.0816. The molecule has 106 valence electrons. The maximum Gasteiger partial charge on any atom is 0.237 e. The second-order valence-electron chi connectivity index (χ2n) is 4.88. The quantitative estimate of drug-likeness (QED) is 0.858. The van der Waals surface area contributed by atoms with Crippen LogP contribution in [-0.2, 0) is 11.2 Å². The first-order chi connectivity index (χ1) is 9.66. The number of benzene rings is 1. The molecule has 0 fully saturated rings. The Balaban J connectivity index is 1.80. The first-order valence-electron chi connectivity index (χ1n) is 6.80. The summed E-state index contributed by atoms with van der Waals surface area (Å²) in [7, 11) is 0. The lowest BCUT2D eigenvalue weighted by Gasteiger charge is -2.16. The minimum absolute atomic E-state index is 0.0188. The highest BCUT2D eigenvalue weighted by molar-refractivity contribution is 7.10. The first kappa shape index (κ1) is 14.8. The molecule has 0 spiro atoms. The zero-order valence-corrected chi connectivity index (χ0v) is 12.4. The van der Waals surface area contributed by atoms with Crippen LogP contribution in [0.5, 0.6) is 0 Å². The smallest absolute Gasteiger partial charge is 0.237 e. The Morgan fingerprint density at radius 3 is 2.65 bits per heavy atom. The monoisotopic (exact) mass is 288 g/mol. The molecular weight excluding hydrogens is 268 g/mol. The summed E-state index contributed by atoms with van der Waals surface area (Å²) in [4.78, 5) is 13.2. The molecule has 2 rings (SSSR count). The van der Waals surface area contributed by atoms with Crippen LogP contribution in [0.25, 0.3) is 0 Å². The molecule has 0 radical (unpaired) electrons. The number of aryl methyl sites for hydroxylation is 1. The lowest BCUT2D eigenvalue weighted by atomic mass is 10.1. The predicted octanol–water partition coefficient (Wildman–Crippen LogP) is 2.89. The SMILES string of the molecule is C[C@H](NC(=O)[C@@H](N)CCc1ccccc1)c1cccs1. The minimum atomic E-state index is -0.461. The highest BCUT2D eigenvalue weighted by Gasteiger charge is 2.16. The van der Waals surface area contributed by atoms with Crippen LogP contribution in [0.1, 0.15) is 29.8 Å². The molecule has 3 N–H and O–H groups in total. The van der Waals surface area contributed by atoms with E-state index in [9.17, 15) is 4.79 Å². The van der Waals surface area contributed by atoms with Crippen LogP contribution in [0.4, 0.5) is 0 Å². The highest BCUT2D eigenvalue weighted by Crippen LogP contribution is 2.18. The molecule has 1 amide bonds.